The fourth-order valence-electron chi connectivity index (χ4n) is 4.26. The minimum Gasteiger partial charge on any atom is -0.386 e. The van der Waals surface area contributed by atoms with Crippen molar-refractivity contribution in [2.75, 3.05) is 37.9 Å². The van der Waals surface area contributed by atoms with Crippen molar-refractivity contribution in [3.8, 4) is 11.1 Å². The summed E-state index contributed by atoms with van der Waals surface area (Å²) in [5.74, 6) is 0.467. The Kier molecular flexibility index (Phi) is 9.43. The molecule has 7 heteroatoms. The number of nitrogens with two attached hydrogens (primary N) is 1. The van der Waals surface area contributed by atoms with Gasteiger partial charge < -0.3 is 16.4 Å². The van der Waals surface area contributed by atoms with Gasteiger partial charge in [-0.05, 0) is 55.3 Å². The summed E-state index contributed by atoms with van der Waals surface area (Å²) < 4.78 is 2.12. The van der Waals surface area contributed by atoms with Crippen LogP contribution in [0.15, 0.2) is 71.2 Å². The fourth-order valence-corrected chi connectivity index (χ4v) is 4.26. The Labute approximate surface area is 203 Å². The molecule has 5 N–H and O–H groups in total. The predicted octanol–water partition coefficient (Wildman–Crippen LogP) is 4.71. The maximum absolute atomic E-state index is 6.26. The Hall–Kier alpha value is -3.42. The van der Waals surface area contributed by atoms with E-state index in [2.05, 4.69) is 62.1 Å². The van der Waals surface area contributed by atoms with Gasteiger partial charge in [-0.3, -0.25) is 20.1 Å². The molecule has 1 aliphatic heterocycles. The number of aliphatic imine (C=N–C) groups is 2. The van der Waals surface area contributed by atoms with Gasteiger partial charge in [-0.1, -0.05) is 37.5 Å². The summed E-state index contributed by atoms with van der Waals surface area (Å²) in [4.78, 5) is 8.78. The van der Waals surface area contributed by atoms with E-state index in [9.17, 15) is 0 Å². The third-order valence-electron chi connectivity index (χ3n) is 6.03. The zero-order valence-electron chi connectivity index (χ0n) is 20.3. The average molecular weight is 460 g/mol. The second-order valence-electron chi connectivity index (χ2n) is 8.26. The van der Waals surface area contributed by atoms with Crippen LogP contribution in [0.3, 0.4) is 0 Å². The SMILES string of the molecule is C=C/C=C\C(=C)CC=Nc1ccc(-c2cc(C3CCNCC3)n(NC=NC)c2CN)cc1NC. The van der Waals surface area contributed by atoms with Crippen molar-refractivity contribution >= 4 is 23.9 Å². The van der Waals surface area contributed by atoms with Crippen LogP contribution in [0.1, 0.15) is 36.6 Å². The van der Waals surface area contributed by atoms with Gasteiger partial charge in [-0.2, -0.15) is 0 Å². The summed E-state index contributed by atoms with van der Waals surface area (Å²) in [6.45, 7) is 10.2. The van der Waals surface area contributed by atoms with Crippen molar-refractivity contribution < 1.29 is 0 Å². The summed E-state index contributed by atoms with van der Waals surface area (Å²) in [7, 11) is 3.67. The molecule has 34 heavy (non-hydrogen) atoms. The molecule has 1 saturated heterocycles. The number of hydrogen-bond acceptors (Lipinski definition) is 5. The largest absolute Gasteiger partial charge is 0.386 e. The van der Waals surface area contributed by atoms with E-state index in [4.69, 9.17) is 5.73 Å². The maximum atomic E-state index is 6.26. The standard InChI is InChI=1S/C27H37N7/c1-5-6-7-20(2)10-15-32-24-9-8-22(16-25(24)30-4)23-17-26(21-11-13-31-14-12-21)34(27(23)18-28)33-19-29-3/h5-9,15-17,19,21,30-31H,1-2,10-14,18,28H2,3-4H3,(H,29,33)/b7-6-,32-15?. The zero-order chi connectivity index (χ0) is 24.3. The maximum Gasteiger partial charge on any atom is 0.101 e. The molecule has 0 saturated carbocycles. The number of benzene rings is 1. The van der Waals surface area contributed by atoms with E-state index in [1.165, 1.54) is 5.69 Å². The summed E-state index contributed by atoms with van der Waals surface area (Å²) in [5.41, 5.74) is 16.9. The van der Waals surface area contributed by atoms with Crippen molar-refractivity contribution in [1.29, 1.82) is 0 Å². The van der Waals surface area contributed by atoms with Crippen molar-refractivity contribution in [2.45, 2.75) is 31.7 Å². The Bertz CT molecular complexity index is 1070. The molecule has 0 bridgehead atoms. The van der Waals surface area contributed by atoms with Crippen LogP contribution in [0.2, 0.25) is 0 Å². The van der Waals surface area contributed by atoms with E-state index in [1.807, 2.05) is 31.5 Å². The molecule has 2 aromatic rings. The molecule has 1 aromatic heterocycles. The summed E-state index contributed by atoms with van der Waals surface area (Å²) in [5, 5.41) is 6.74. The molecule has 0 aliphatic carbocycles. The van der Waals surface area contributed by atoms with E-state index < -0.39 is 0 Å². The van der Waals surface area contributed by atoms with Gasteiger partial charge in [0, 0.05) is 50.5 Å². The molecule has 0 radical (unpaired) electrons. The Balaban J connectivity index is 1.95. The van der Waals surface area contributed by atoms with E-state index in [0.29, 0.717) is 18.9 Å². The van der Waals surface area contributed by atoms with Crippen LogP contribution in [0, 0.1) is 0 Å². The molecule has 180 valence electrons. The first-order valence-electron chi connectivity index (χ1n) is 11.8. The molecule has 7 nitrogen and oxygen atoms in total. The fraction of sp³-hybridized carbons (Fsp3) is 0.333. The van der Waals surface area contributed by atoms with Crippen molar-refractivity contribution in [2.24, 2.45) is 15.7 Å². The third kappa shape index (κ3) is 6.12. The van der Waals surface area contributed by atoms with Gasteiger partial charge in [-0.15, -0.1) is 0 Å². The second kappa shape index (κ2) is 12.7. The van der Waals surface area contributed by atoms with E-state index in [1.54, 1.807) is 19.5 Å². The molecule has 0 atom stereocenters. The van der Waals surface area contributed by atoms with Gasteiger partial charge in [0.1, 0.15) is 6.34 Å². The lowest BCUT2D eigenvalue weighted by Crippen LogP contribution is -2.29. The highest BCUT2D eigenvalue weighted by molar-refractivity contribution is 5.80. The number of nitrogens with zero attached hydrogens (tertiary/aromatic N) is 3. The van der Waals surface area contributed by atoms with Gasteiger partial charge in [0.15, 0.2) is 0 Å². The van der Waals surface area contributed by atoms with Crippen molar-refractivity contribution in [3.05, 3.63) is 72.6 Å². The topological polar surface area (TPSA) is 91.8 Å². The van der Waals surface area contributed by atoms with E-state index in [-0.39, 0.29) is 0 Å². The third-order valence-corrected chi connectivity index (χ3v) is 6.03. The quantitative estimate of drug-likeness (QED) is 0.222. The zero-order valence-corrected chi connectivity index (χ0v) is 20.3. The molecule has 0 amide bonds. The lowest BCUT2D eigenvalue weighted by molar-refractivity contribution is 0.446. The first-order valence-corrected chi connectivity index (χ1v) is 11.8. The van der Waals surface area contributed by atoms with Crippen LogP contribution < -0.4 is 21.8 Å². The van der Waals surface area contributed by atoms with Gasteiger partial charge in [0.05, 0.1) is 17.1 Å². The Morgan fingerprint density at radius 3 is 2.76 bits per heavy atom. The Morgan fingerprint density at radius 1 is 1.29 bits per heavy atom. The number of nitrogens with one attached hydrogen (secondary N) is 3. The number of allylic oxidation sites excluding steroid dienone is 4. The Morgan fingerprint density at radius 2 is 2.09 bits per heavy atom. The smallest absolute Gasteiger partial charge is 0.101 e. The summed E-state index contributed by atoms with van der Waals surface area (Å²) >= 11 is 0. The number of anilines is 1. The molecule has 0 spiro atoms. The number of aromatic nitrogens is 1. The van der Waals surface area contributed by atoms with Crippen molar-refractivity contribution in [1.82, 2.24) is 9.99 Å². The van der Waals surface area contributed by atoms with Crippen LogP contribution >= 0.6 is 0 Å². The number of piperidine rings is 1. The van der Waals surface area contributed by atoms with Crippen LogP contribution in [0.25, 0.3) is 11.1 Å². The molecular weight excluding hydrogens is 422 g/mol. The minimum atomic E-state index is 0.417. The highest BCUT2D eigenvalue weighted by Gasteiger charge is 2.24. The highest BCUT2D eigenvalue weighted by Crippen LogP contribution is 2.36. The summed E-state index contributed by atoms with van der Waals surface area (Å²) in [6.07, 6.45) is 12.0. The lowest BCUT2D eigenvalue weighted by Gasteiger charge is -2.24. The van der Waals surface area contributed by atoms with Crippen LogP contribution in [0.5, 0.6) is 0 Å². The molecule has 0 unspecified atom stereocenters. The van der Waals surface area contributed by atoms with Crippen LogP contribution in [-0.4, -0.2) is 44.4 Å². The minimum absolute atomic E-state index is 0.417. The first kappa shape index (κ1) is 25.2. The van der Waals surface area contributed by atoms with E-state index >= 15 is 0 Å². The van der Waals surface area contributed by atoms with Gasteiger partial charge >= 0.3 is 0 Å². The van der Waals surface area contributed by atoms with Crippen molar-refractivity contribution in [3.63, 3.8) is 0 Å². The first-order chi connectivity index (χ1) is 16.6. The molecular formula is C27H37N7. The van der Waals surface area contributed by atoms with Gasteiger partial charge in [0.2, 0.25) is 0 Å². The van der Waals surface area contributed by atoms with Gasteiger partial charge in [-0.25, -0.2) is 0 Å². The lowest BCUT2D eigenvalue weighted by atomic mass is 9.94. The predicted molar refractivity (Wildman–Crippen MR) is 147 cm³/mol. The molecule has 2 heterocycles. The van der Waals surface area contributed by atoms with Crippen LogP contribution in [-0.2, 0) is 6.54 Å². The van der Waals surface area contributed by atoms with Crippen LogP contribution in [0.4, 0.5) is 11.4 Å². The van der Waals surface area contributed by atoms with E-state index in [0.717, 1.165) is 59.7 Å². The monoisotopic (exact) mass is 459 g/mol. The molecule has 1 aromatic carbocycles. The highest BCUT2D eigenvalue weighted by atomic mass is 15.4. The molecule has 1 fully saturated rings. The molecule has 1 aliphatic rings. The second-order valence-corrected chi connectivity index (χ2v) is 8.26. The normalized spacial score (nSPS) is 14.9. The average Bonchev–Trinajstić information content (AvgIpc) is 3.25. The molecule has 3 rings (SSSR count). The number of rotatable bonds is 11. The number of hydrogen-bond donors (Lipinski definition) is 4. The summed E-state index contributed by atoms with van der Waals surface area (Å²) in [6, 6.07) is 8.57. The van der Waals surface area contributed by atoms with Gasteiger partial charge in [0.25, 0.3) is 0 Å².